The first kappa shape index (κ1) is 22.3. The predicted octanol–water partition coefficient (Wildman–Crippen LogP) is 5.14. The van der Waals surface area contributed by atoms with Gasteiger partial charge in [-0.25, -0.2) is 9.97 Å². The molecular weight excluding hydrogens is 428 g/mol. The van der Waals surface area contributed by atoms with Crippen LogP contribution < -0.4 is 10.5 Å². The third kappa shape index (κ3) is 4.12. The van der Waals surface area contributed by atoms with Crippen molar-refractivity contribution < 1.29 is 14.2 Å². The highest BCUT2D eigenvalue weighted by molar-refractivity contribution is 5.70. The van der Waals surface area contributed by atoms with E-state index in [0.717, 1.165) is 53.2 Å². The molecule has 0 spiro atoms. The maximum absolute atomic E-state index is 7.68. The molecule has 2 aliphatic heterocycles. The lowest BCUT2D eigenvalue weighted by molar-refractivity contribution is -0.0593. The summed E-state index contributed by atoms with van der Waals surface area (Å²) in [6.45, 7) is 7.40. The molecule has 1 aromatic heterocycles. The SMILES string of the molecule is CC1(C)CC(c2ccc3c(c2)[C@@](C)(COC(=N)N)c2cc(-c4cncnc4)ccc2O3)CCO1. The van der Waals surface area contributed by atoms with Crippen LogP contribution in [-0.4, -0.2) is 34.8 Å². The Labute approximate surface area is 199 Å². The van der Waals surface area contributed by atoms with Crippen molar-refractivity contribution in [2.45, 2.75) is 50.5 Å². The second-order valence-corrected chi connectivity index (χ2v) is 9.98. The van der Waals surface area contributed by atoms with Crippen LogP contribution in [0.25, 0.3) is 11.1 Å². The zero-order valence-electron chi connectivity index (χ0n) is 19.8. The van der Waals surface area contributed by atoms with Gasteiger partial charge in [0.2, 0.25) is 0 Å². The van der Waals surface area contributed by atoms with E-state index in [1.165, 1.54) is 11.9 Å². The van der Waals surface area contributed by atoms with Gasteiger partial charge in [-0.05, 0) is 68.9 Å². The molecular formula is C27H30N4O3. The van der Waals surface area contributed by atoms with Crippen LogP contribution in [-0.2, 0) is 14.9 Å². The second kappa shape index (κ2) is 8.40. The number of amidine groups is 1. The topological polar surface area (TPSA) is 103 Å². The van der Waals surface area contributed by atoms with Crippen LogP contribution in [0.3, 0.4) is 0 Å². The van der Waals surface area contributed by atoms with Gasteiger partial charge < -0.3 is 19.9 Å². The number of nitrogens with two attached hydrogens (primary N) is 1. The fourth-order valence-corrected chi connectivity index (χ4v) is 5.16. The third-order valence-corrected chi connectivity index (χ3v) is 6.97. The van der Waals surface area contributed by atoms with Crippen LogP contribution in [0.2, 0.25) is 0 Å². The van der Waals surface area contributed by atoms with Gasteiger partial charge in [0.25, 0.3) is 6.02 Å². The van der Waals surface area contributed by atoms with Crippen LogP contribution in [0.4, 0.5) is 0 Å². The van der Waals surface area contributed by atoms with Crippen LogP contribution in [0, 0.1) is 5.41 Å². The number of hydrogen-bond acceptors (Lipinski definition) is 6. The maximum atomic E-state index is 7.68. The Morgan fingerprint density at radius 3 is 2.47 bits per heavy atom. The lowest BCUT2D eigenvalue weighted by Gasteiger charge is -2.39. The Bertz CT molecular complexity index is 1230. The molecule has 1 saturated heterocycles. The molecule has 0 saturated carbocycles. The Kier molecular flexibility index (Phi) is 5.52. The molecule has 176 valence electrons. The minimum Gasteiger partial charge on any atom is -0.464 e. The molecule has 1 unspecified atom stereocenters. The van der Waals surface area contributed by atoms with Crippen LogP contribution >= 0.6 is 0 Å². The second-order valence-electron chi connectivity index (χ2n) is 9.98. The van der Waals surface area contributed by atoms with Crippen molar-refractivity contribution in [3.05, 3.63) is 71.8 Å². The standard InChI is InChI=1S/C27H30N4O3/c1-26(2)12-19(8-9-33-26)17-4-6-23-21(10-17)27(3,15-32-25(28)29)22-11-18(5-7-24(22)34-23)20-13-30-16-31-14-20/h4-7,10-11,13-14,16,19H,8-9,12,15H2,1-3H3,(H3,28,29)/t19?,27-/m1/s1. The van der Waals surface area contributed by atoms with Crippen LogP contribution in [0.5, 0.6) is 11.5 Å². The van der Waals surface area contributed by atoms with Gasteiger partial charge >= 0.3 is 0 Å². The van der Waals surface area contributed by atoms with E-state index in [9.17, 15) is 0 Å². The smallest absolute Gasteiger partial charge is 0.279 e. The average Bonchev–Trinajstić information content (AvgIpc) is 2.83. The van der Waals surface area contributed by atoms with Gasteiger partial charge in [0, 0.05) is 35.7 Å². The van der Waals surface area contributed by atoms with E-state index in [0.29, 0.717) is 5.92 Å². The molecule has 2 aliphatic rings. The molecule has 5 rings (SSSR count). The van der Waals surface area contributed by atoms with Gasteiger partial charge in [0.05, 0.1) is 11.0 Å². The van der Waals surface area contributed by atoms with Crippen molar-refractivity contribution in [3.8, 4) is 22.6 Å². The first-order valence-corrected chi connectivity index (χ1v) is 11.6. The summed E-state index contributed by atoms with van der Waals surface area (Å²) < 4.78 is 17.9. The number of nitrogens with zero attached hydrogens (tertiary/aromatic N) is 2. The average molecular weight is 459 g/mol. The molecule has 0 aliphatic carbocycles. The van der Waals surface area contributed by atoms with Crippen molar-refractivity contribution >= 4 is 6.02 Å². The van der Waals surface area contributed by atoms with Crippen molar-refractivity contribution in [3.63, 3.8) is 0 Å². The number of aromatic nitrogens is 2. The van der Waals surface area contributed by atoms with E-state index < -0.39 is 5.41 Å². The summed E-state index contributed by atoms with van der Waals surface area (Å²) >= 11 is 0. The monoisotopic (exact) mass is 458 g/mol. The summed E-state index contributed by atoms with van der Waals surface area (Å²) in [5.41, 5.74) is 10.1. The van der Waals surface area contributed by atoms with E-state index in [1.807, 2.05) is 12.1 Å². The lowest BCUT2D eigenvalue weighted by Crippen LogP contribution is -2.36. The Balaban J connectivity index is 1.60. The molecule has 3 heterocycles. The van der Waals surface area contributed by atoms with Crippen molar-refractivity contribution in [2.24, 2.45) is 5.73 Å². The molecule has 2 aromatic carbocycles. The quantitative estimate of drug-likeness (QED) is 0.415. The van der Waals surface area contributed by atoms with Gasteiger partial charge in [-0.3, -0.25) is 5.41 Å². The molecule has 34 heavy (non-hydrogen) atoms. The lowest BCUT2D eigenvalue weighted by atomic mass is 9.72. The molecule has 3 N–H and O–H groups in total. The zero-order valence-corrected chi connectivity index (χ0v) is 19.8. The third-order valence-electron chi connectivity index (χ3n) is 6.97. The zero-order chi connectivity index (χ0) is 23.9. The summed E-state index contributed by atoms with van der Waals surface area (Å²) in [7, 11) is 0. The molecule has 1 fully saturated rings. The highest BCUT2D eigenvalue weighted by Gasteiger charge is 2.40. The van der Waals surface area contributed by atoms with E-state index in [1.54, 1.807) is 12.4 Å². The fraction of sp³-hybridized carbons (Fsp3) is 0.370. The van der Waals surface area contributed by atoms with E-state index >= 15 is 0 Å². The summed E-state index contributed by atoms with van der Waals surface area (Å²) in [5, 5.41) is 7.68. The molecule has 7 nitrogen and oxygen atoms in total. The minimum absolute atomic E-state index is 0.143. The Morgan fingerprint density at radius 2 is 1.76 bits per heavy atom. The van der Waals surface area contributed by atoms with Gasteiger partial charge in [0.15, 0.2) is 0 Å². The number of fused-ring (bicyclic) bond motifs is 2. The normalized spacial score (nSPS) is 22.7. The predicted molar refractivity (Wildman–Crippen MR) is 130 cm³/mol. The van der Waals surface area contributed by atoms with E-state index in [4.69, 9.17) is 25.4 Å². The number of benzene rings is 2. The van der Waals surface area contributed by atoms with Crippen LogP contribution in [0.1, 0.15) is 56.2 Å². The van der Waals surface area contributed by atoms with Gasteiger partial charge in [0.1, 0.15) is 24.4 Å². The Morgan fingerprint density at radius 1 is 1.06 bits per heavy atom. The largest absolute Gasteiger partial charge is 0.464 e. The highest BCUT2D eigenvalue weighted by Crippen LogP contribution is 2.50. The molecule has 0 amide bonds. The number of nitrogens with one attached hydrogen (secondary N) is 1. The molecule has 0 radical (unpaired) electrons. The first-order chi connectivity index (χ1) is 16.2. The van der Waals surface area contributed by atoms with Crippen molar-refractivity contribution in [1.29, 1.82) is 5.41 Å². The van der Waals surface area contributed by atoms with Gasteiger partial charge in [-0.1, -0.05) is 18.2 Å². The summed E-state index contributed by atoms with van der Waals surface area (Å²) in [6.07, 6.45) is 7.05. The molecule has 3 aromatic rings. The summed E-state index contributed by atoms with van der Waals surface area (Å²) in [6, 6.07) is 12.2. The summed E-state index contributed by atoms with van der Waals surface area (Å²) in [5.74, 6) is 1.97. The number of rotatable bonds is 4. The highest BCUT2D eigenvalue weighted by atomic mass is 16.5. The summed E-state index contributed by atoms with van der Waals surface area (Å²) in [4.78, 5) is 8.32. The maximum Gasteiger partial charge on any atom is 0.279 e. The fourth-order valence-electron chi connectivity index (χ4n) is 5.16. The molecule has 2 atom stereocenters. The van der Waals surface area contributed by atoms with Gasteiger partial charge in [-0.2, -0.15) is 0 Å². The molecule has 7 heteroatoms. The van der Waals surface area contributed by atoms with Gasteiger partial charge in [-0.15, -0.1) is 0 Å². The molecule has 0 bridgehead atoms. The number of ether oxygens (including phenoxy) is 3. The van der Waals surface area contributed by atoms with Crippen molar-refractivity contribution in [2.75, 3.05) is 13.2 Å². The Hall–Kier alpha value is -3.45. The van der Waals surface area contributed by atoms with Crippen molar-refractivity contribution in [1.82, 2.24) is 9.97 Å². The van der Waals surface area contributed by atoms with E-state index in [2.05, 4.69) is 55.0 Å². The minimum atomic E-state index is -0.572. The first-order valence-electron chi connectivity index (χ1n) is 11.6. The van der Waals surface area contributed by atoms with Crippen LogP contribution in [0.15, 0.2) is 55.1 Å². The van der Waals surface area contributed by atoms with E-state index in [-0.39, 0.29) is 18.2 Å². The number of hydrogen-bond donors (Lipinski definition) is 2.